The fourth-order valence-corrected chi connectivity index (χ4v) is 4.79. The zero-order valence-corrected chi connectivity index (χ0v) is 20.3. The van der Waals surface area contributed by atoms with Crippen LogP contribution in [-0.2, 0) is 23.9 Å². The number of anilines is 2. The first-order valence-electron chi connectivity index (χ1n) is 11.7. The molecule has 3 amide bonds. The number of hydrogen-bond acceptors (Lipinski definition) is 7. The molecule has 0 saturated carbocycles. The van der Waals surface area contributed by atoms with E-state index in [0.29, 0.717) is 11.3 Å². The molecule has 1 saturated heterocycles. The predicted octanol–water partition coefficient (Wildman–Crippen LogP) is 2.73. The van der Waals surface area contributed by atoms with Crippen LogP contribution in [0.5, 0.6) is 0 Å². The third kappa shape index (κ3) is 4.08. The van der Waals surface area contributed by atoms with Gasteiger partial charge < -0.3 is 19.7 Å². The summed E-state index contributed by atoms with van der Waals surface area (Å²) in [7, 11) is 0. The molecule has 2 aromatic carbocycles. The van der Waals surface area contributed by atoms with Crippen LogP contribution in [0.4, 0.5) is 11.4 Å². The van der Waals surface area contributed by atoms with Gasteiger partial charge in [-0.15, -0.1) is 0 Å². The van der Waals surface area contributed by atoms with E-state index in [0.717, 1.165) is 0 Å². The van der Waals surface area contributed by atoms with Crippen LogP contribution in [0.2, 0.25) is 0 Å². The second-order valence-corrected chi connectivity index (χ2v) is 8.72. The zero-order valence-electron chi connectivity index (χ0n) is 20.3. The highest BCUT2D eigenvalue weighted by atomic mass is 16.5. The molecule has 2 aliphatic rings. The molecule has 1 unspecified atom stereocenters. The standard InChI is InChI=1S/C26H27N3O7/c1-4-35-24(33)17-9-5-7-11-19(17)27-21(30)15-36-25(34)26-14-13-22(31)29(26)20-12-8-6-10-18(20)23(32)28(26)16(2)3/h5-12,16H,4,13-15H2,1-3H3,(H,27,30). The second kappa shape index (κ2) is 9.80. The average molecular weight is 494 g/mol. The van der Waals surface area contributed by atoms with Gasteiger partial charge in [0.05, 0.1) is 29.1 Å². The van der Waals surface area contributed by atoms with Crippen molar-refractivity contribution in [1.29, 1.82) is 0 Å². The molecule has 2 aromatic rings. The van der Waals surface area contributed by atoms with Crippen LogP contribution in [0.15, 0.2) is 48.5 Å². The predicted molar refractivity (Wildman–Crippen MR) is 129 cm³/mol. The number of benzene rings is 2. The molecule has 2 aliphatic heterocycles. The summed E-state index contributed by atoms with van der Waals surface area (Å²) in [5.74, 6) is -2.87. The number of para-hydroxylation sites is 2. The smallest absolute Gasteiger partial charge is 0.354 e. The minimum Gasteiger partial charge on any atom is -0.462 e. The van der Waals surface area contributed by atoms with Crippen LogP contribution in [0.25, 0.3) is 0 Å². The molecule has 0 bridgehead atoms. The van der Waals surface area contributed by atoms with E-state index < -0.39 is 42.1 Å². The number of fused-ring (bicyclic) bond motifs is 3. The van der Waals surface area contributed by atoms with Crippen molar-refractivity contribution >= 4 is 41.0 Å². The Labute approximate surface area is 208 Å². The number of rotatable bonds is 7. The van der Waals surface area contributed by atoms with Crippen LogP contribution >= 0.6 is 0 Å². The van der Waals surface area contributed by atoms with Crippen LogP contribution in [0.3, 0.4) is 0 Å². The number of hydrogen-bond donors (Lipinski definition) is 1. The molecule has 0 aromatic heterocycles. The Balaban J connectivity index is 1.58. The molecule has 0 spiro atoms. The summed E-state index contributed by atoms with van der Waals surface area (Å²) < 4.78 is 10.4. The lowest BCUT2D eigenvalue weighted by Crippen LogP contribution is -2.70. The maximum absolute atomic E-state index is 13.6. The van der Waals surface area contributed by atoms with E-state index >= 15 is 0 Å². The molecule has 4 rings (SSSR count). The number of esters is 2. The van der Waals surface area contributed by atoms with Gasteiger partial charge in [0.1, 0.15) is 0 Å². The lowest BCUT2D eigenvalue weighted by molar-refractivity contribution is -0.160. The van der Waals surface area contributed by atoms with Crippen molar-refractivity contribution in [3.05, 3.63) is 59.7 Å². The van der Waals surface area contributed by atoms with E-state index in [1.54, 1.807) is 57.2 Å². The van der Waals surface area contributed by atoms with E-state index in [1.165, 1.54) is 21.9 Å². The van der Waals surface area contributed by atoms with E-state index in [2.05, 4.69) is 5.32 Å². The van der Waals surface area contributed by atoms with Gasteiger partial charge in [-0.05, 0) is 45.0 Å². The average Bonchev–Trinajstić information content (AvgIpc) is 3.20. The summed E-state index contributed by atoms with van der Waals surface area (Å²) in [6, 6.07) is 12.5. The van der Waals surface area contributed by atoms with Crippen LogP contribution < -0.4 is 10.2 Å². The van der Waals surface area contributed by atoms with Crippen LogP contribution in [0.1, 0.15) is 54.3 Å². The first-order chi connectivity index (χ1) is 17.2. The molecule has 0 radical (unpaired) electrons. The topological polar surface area (TPSA) is 122 Å². The minimum atomic E-state index is -1.69. The Morgan fingerprint density at radius 3 is 2.44 bits per heavy atom. The van der Waals surface area contributed by atoms with Crippen molar-refractivity contribution in [1.82, 2.24) is 4.90 Å². The van der Waals surface area contributed by atoms with Gasteiger partial charge in [-0.3, -0.25) is 19.3 Å². The maximum Gasteiger partial charge on any atom is 0.354 e. The maximum atomic E-state index is 13.6. The molecule has 36 heavy (non-hydrogen) atoms. The van der Waals surface area contributed by atoms with Crippen molar-refractivity contribution in [3.8, 4) is 0 Å². The van der Waals surface area contributed by atoms with Crippen LogP contribution in [-0.4, -0.2) is 59.5 Å². The lowest BCUT2D eigenvalue weighted by atomic mass is 9.95. The van der Waals surface area contributed by atoms with Crippen molar-refractivity contribution in [2.75, 3.05) is 23.4 Å². The minimum absolute atomic E-state index is 0.0379. The molecular weight excluding hydrogens is 466 g/mol. The molecule has 10 heteroatoms. The summed E-state index contributed by atoms with van der Waals surface area (Å²) in [4.78, 5) is 67.4. The third-order valence-corrected chi connectivity index (χ3v) is 6.17. The Morgan fingerprint density at radius 1 is 1.03 bits per heavy atom. The largest absolute Gasteiger partial charge is 0.462 e. The number of amides is 3. The van der Waals surface area contributed by atoms with E-state index in [4.69, 9.17) is 9.47 Å². The normalized spacial score (nSPS) is 18.6. The van der Waals surface area contributed by atoms with Gasteiger partial charge in [0, 0.05) is 18.9 Å². The molecule has 1 fully saturated rings. The number of nitrogens with zero attached hydrogens (tertiary/aromatic N) is 2. The van der Waals surface area contributed by atoms with Gasteiger partial charge in [0.2, 0.25) is 11.6 Å². The van der Waals surface area contributed by atoms with Gasteiger partial charge in [-0.25, -0.2) is 9.59 Å². The van der Waals surface area contributed by atoms with Crippen molar-refractivity contribution in [3.63, 3.8) is 0 Å². The van der Waals surface area contributed by atoms with Gasteiger partial charge in [-0.2, -0.15) is 0 Å². The first-order valence-corrected chi connectivity index (χ1v) is 11.7. The summed E-state index contributed by atoms with van der Waals surface area (Å²) in [6.45, 7) is 4.66. The molecule has 1 N–H and O–H groups in total. The Bertz CT molecular complexity index is 1240. The monoisotopic (exact) mass is 493 g/mol. The highest BCUT2D eigenvalue weighted by Crippen LogP contribution is 2.45. The van der Waals surface area contributed by atoms with Gasteiger partial charge in [-0.1, -0.05) is 24.3 Å². The van der Waals surface area contributed by atoms with Crippen LogP contribution in [0, 0.1) is 0 Å². The Hall–Kier alpha value is -4.21. The molecule has 188 valence electrons. The molecule has 2 heterocycles. The quantitative estimate of drug-likeness (QED) is 0.589. The molecule has 0 aliphatic carbocycles. The van der Waals surface area contributed by atoms with Crippen molar-refractivity contribution < 1.29 is 33.4 Å². The zero-order chi connectivity index (χ0) is 26.0. The molecule has 1 atom stereocenters. The fourth-order valence-electron chi connectivity index (χ4n) is 4.79. The van der Waals surface area contributed by atoms with Gasteiger partial charge in [0.15, 0.2) is 6.61 Å². The second-order valence-electron chi connectivity index (χ2n) is 8.72. The summed E-state index contributed by atoms with van der Waals surface area (Å²) in [6.07, 6.45) is 0.0786. The molecular formula is C26H27N3O7. The van der Waals surface area contributed by atoms with Gasteiger partial charge >= 0.3 is 11.9 Å². The van der Waals surface area contributed by atoms with E-state index in [1.807, 2.05) is 0 Å². The van der Waals surface area contributed by atoms with E-state index in [9.17, 15) is 24.0 Å². The number of carbonyl (C=O) groups is 5. The number of ether oxygens (including phenoxy) is 2. The number of nitrogens with one attached hydrogen (secondary N) is 1. The molecule has 10 nitrogen and oxygen atoms in total. The summed E-state index contributed by atoms with van der Waals surface area (Å²) >= 11 is 0. The summed E-state index contributed by atoms with van der Waals surface area (Å²) in [5, 5.41) is 2.55. The third-order valence-electron chi connectivity index (χ3n) is 6.17. The summed E-state index contributed by atoms with van der Waals surface area (Å²) in [5.41, 5.74) is -0.672. The SMILES string of the molecule is CCOC(=O)c1ccccc1NC(=O)COC(=O)C12CCC(=O)N1c1ccccc1C(=O)N2C(C)C. The first kappa shape index (κ1) is 24.9. The lowest BCUT2D eigenvalue weighted by Gasteiger charge is -2.50. The number of carbonyl (C=O) groups excluding carboxylic acids is 5. The fraction of sp³-hybridized carbons (Fsp3) is 0.346. The highest BCUT2D eigenvalue weighted by Gasteiger charge is 2.62. The highest BCUT2D eigenvalue weighted by molar-refractivity contribution is 6.15. The van der Waals surface area contributed by atoms with Gasteiger partial charge in [0.25, 0.3) is 11.8 Å². The Kier molecular flexibility index (Phi) is 6.78. The van der Waals surface area contributed by atoms with Crippen molar-refractivity contribution in [2.45, 2.75) is 45.3 Å². The van der Waals surface area contributed by atoms with Crippen molar-refractivity contribution in [2.24, 2.45) is 0 Å². The Morgan fingerprint density at radius 2 is 1.72 bits per heavy atom. The van der Waals surface area contributed by atoms with E-state index in [-0.39, 0.29) is 36.6 Å².